The molecule has 0 aliphatic carbocycles. The number of aliphatic carboxylic acids is 1. The summed E-state index contributed by atoms with van der Waals surface area (Å²) >= 11 is 0. The smallest absolute Gasteiger partial charge is 0.331 e. The molecule has 7 nitrogen and oxygen atoms in total. The van der Waals surface area contributed by atoms with E-state index in [2.05, 4.69) is 9.97 Å². The molecule has 21 heavy (non-hydrogen) atoms. The predicted octanol–water partition coefficient (Wildman–Crippen LogP) is 0.898. The monoisotopic (exact) mass is 283 g/mol. The molecule has 1 aromatic heterocycles. The Kier molecular flexibility index (Phi) is 2.94. The maximum absolute atomic E-state index is 12.3. The summed E-state index contributed by atoms with van der Waals surface area (Å²) in [5.41, 5.74) is 0.0915. The van der Waals surface area contributed by atoms with Crippen LogP contribution in [0.25, 0.3) is 0 Å². The van der Waals surface area contributed by atoms with Crippen molar-refractivity contribution in [3.8, 4) is 0 Å². The van der Waals surface area contributed by atoms with Gasteiger partial charge in [-0.05, 0) is 5.56 Å². The molecule has 2 heterocycles. The Bertz CT molecular complexity index is 710. The van der Waals surface area contributed by atoms with Gasteiger partial charge in [-0.25, -0.2) is 14.8 Å². The highest BCUT2D eigenvalue weighted by molar-refractivity contribution is 6.20. The normalized spacial score (nSPS) is 15.0. The van der Waals surface area contributed by atoms with Crippen LogP contribution in [0, 0.1) is 0 Å². The number of nitrogens with zero attached hydrogens (tertiary/aromatic N) is 3. The zero-order chi connectivity index (χ0) is 15.0. The van der Waals surface area contributed by atoms with Gasteiger partial charge in [0.15, 0.2) is 17.4 Å². The molecule has 0 radical (unpaired) electrons. The molecule has 0 unspecified atom stereocenters. The second-order valence-corrected chi connectivity index (χ2v) is 4.39. The van der Waals surface area contributed by atoms with Crippen LogP contribution in [-0.4, -0.2) is 37.8 Å². The van der Waals surface area contributed by atoms with E-state index in [1.807, 2.05) is 0 Å². The van der Waals surface area contributed by atoms with E-state index in [-0.39, 0.29) is 11.4 Å². The molecule has 1 N–H and O–H groups in total. The zero-order valence-corrected chi connectivity index (χ0v) is 10.6. The lowest BCUT2D eigenvalue weighted by atomic mass is 10.1. The SMILES string of the molecule is O=C(O)[C@@H](c1ccccc1)N1C(=O)c2nccnc2C1=O. The van der Waals surface area contributed by atoms with Gasteiger partial charge in [-0.1, -0.05) is 30.3 Å². The summed E-state index contributed by atoms with van der Waals surface area (Å²) in [6, 6.07) is 6.68. The number of amides is 2. The van der Waals surface area contributed by atoms with E-state index in [1.165, 1.54) is 12.4 Å². The van der Waals surface area contributed by atoms with E-state index in [0.29, 0.717) is 10.5 Å². The molecule has 104 valence electrons. The molecule has 1 aliphatic rings. The number of carboxylic acids is 1. The van der Waals surface area contributed by atoms with Crippen LogP contribution < -0.4 is 0 Å². The van der Waals surface area contributed by atoms with Crippen molar-refractivity contribution in [3.63, 3.8) is 0 Å². The lowest BCUT2D eigenvalue weighted by Gasteiger charge is -2.22. The summed E-state index contributed by atoms with van der Waals surface area (Å²) in [4.78, 5) is 44.4. The Morgan fingerprint density at radius 2 is 1.52 bits per heavy atom. The Balaban J connectivity index is 2.09. The molecule has 7 heteroatoms. The van der Waals surface area contributed by atoms with Crippen molar-refractivity contribution in [1.29, 1.82) is 0 Å². The van der Waals surface area contributed by atoms with E-state index in [9.17, 15) is 19.5 Å². The van der Waals surface area contributed by atoms with Crippen LogP contribution in [0.15, 0.2) is 42.7 Å². The number of carboxylic acid groups (broad SMARTS) is 1. The fraction of sp³-hybridized carbons (Fsp3) is 0.0714. The van der Waals surface area contributed by atoms with Crippen LogP contribution in [0.1, 0.15) is 32.6 Å². The first-order chi connectivity index (χ1) is 10.1. The molecule has 2 aromatic rings. The van der Waals surface area contributed by atoms with Gasteiger partial charge in [-0.2, -0.15) is 0 Å². The topological polar surface area (TPSA) is 100 Å². The van der Waals surface area contributed by atoms with Gasteiger partial charge < -0.3 is 5.11 Å². The minimum Gasteiger partial charge on any atom is -0.479 e. The van der Waals surface area contributed by atoms with Crippen molar-refractivity contribution >= 4 is 17.8 Å². The number of hydrogen-bond donors (Lipinski definition) is 1. The number of carbonyl (C=O) groups excluding carboxylic acids is 2. The van der Waals surface area contributed by atoms with Crippen molar-refractivity contribution in [2.24, 2.45) is 0 Å². The predicted molar refractivity (Wildman–Crippen MR) is 69.4 cm³/mol. The third kappa shape index (κ3) is 1.95. The van der Waals surface area contributed by atoms with Crippen LogP contribution in [0.5, 0.6) is 0 Å². The molecule has 0 fully saturated rings. The van der Waals surface area contributed by atoms with E-state index in [1.54, 1.807) is 30.3 Å². The van der Waals surface area contributed by atoms with Crippen LogP contribution in [0.4, 0.5) is 0 Å². The average molecular weight is 283 g/mol. The quantitative estimate of drug-likeness (QED) is 0.840. The van der Waals surface area contributed by atoms with Crippen LogP contribution in [-0.2, 0) is 4.79 Å². The Morgan fingerprint density at radius 1 is 1.00 bits per heavy atom. The van der Waals surface area contributed by atoms with Crippen molar-refractivity contribution < 1.29 is 19.5 Å². The molecule has 0 saturated heterocycles. The number of carbonyl (C=O) groups is 3. The van der Waals surface area contributed by atoms with Gasteiger partial charge in [0.1, 0.15) is 0 Å². The van der Waals surface area contributed by atoms with Gasteiger partial charge in [0.25, 0.3) is 11.8 Å². The highest BCUT2D eigenvalue weighted by Gasteiger charge is 2.45. The van der Waals surface area contributed by atoms with Crippen LogP contribution in [0.3, 0.4) is 0 Å². The molecule has 0 spiro atoms. The van der Waals surface area contributed by atoms with Crippen molar-refractivity contribution in [1.82, 2.24) is 14.9 Å². The summed E-state index contributed by atoms with van der Waals surface area (Å²) in [5.74, 6) is -2.80. The molecule has 1 aliphatic heterocycles. The van der Waals surface area contributed by atoms with Crippen molar-refractivity contribution in [2.75, 3.05) is 0 Å². The molecule has 2 amide bonds. The first-order valence-electron chi connectivity index (χ1n) is 6.08. The Morgan fingerprint density at radius 3 is 2.00 bits per heavy atom. The second-order valence-electron chi connectivity index (χ2n) is 4.39. The lowest BCUT2D eigenvalue weighted by Crippen LogP contribution is -2.38. The molecular weight excluding hydrogens is 274 g/mol. The largest absolute Gasteiger partial charge is 0.479 e. The number of imide groups is 1. The van der Waals surface area contributed by atoms with Gasteiger partial charge in [0, 0.05) is 12.4 Å². The van der Waals surface area contributed by atoms with Crippen LogP contribution >= 0.6 is 0 Å². The number of benzene rings is 1. The minimum atomic E-state index is -1.40. The average Bonchev–Trinajstić information content (AvgIpc) is 2.74. The second kappa shape index (κ2) is 4.78. The third-order valence-electron chi connectivity index (χ3n) is 3.15. The van der Waals surface area contributed by atoms with E-state index in [0.717, 1.165) is 0 Å². The number of fused-ring (bicyclic) bond motifs is 1. The molecule has 0 saturated carbocycles. The maximum atomic E-state index is 12.3. The minimum absolute atomic E-state index is 0.121. The zero-order valence-electron chi connectivity index (χ0n) is 10.6. The first kappa shape index (κ1) is 12.9. The lowest BCUT2D eigenvalue weighted by molar-refractivity contribution is -0.141. The standard InChI is InChI=1S/C14H9N3O4/c18-12-9-10(16-7-6-15-9)13(19)17(12)11(14(20)21)8-4-2-1-3-5-8/h1-7,11H,(H,20,21)/t11-/m1/s1. The Labute approximate surface area is 118 Å². The Hall–Kier alpha value is -3.09. The molecule has 1 atom stereocenters. The summed E-state index contributed by atoms with van der Waals surface area (Å²) in [6.45, 7) is 0. The molecule has 3 rings (SSSR count). The van der Waals surface area contributed by atoms with E-state index in [4.69, 9.17) is 0 Å². The highest BCUT2D eigenvalue weighted by Crippen LogP contribution is 2.29. The number of hydrogen-bond acceptors (Lipinski definition) is 5. The number of aromatic nitrogens is 2. The fourth-order valence-electron chi connectivity index (χ4n) is 2.24. The summed E-state index contributed by atoms with van der Waals surface area (Å²) < 4.78 is 0. The van der Waals surface area contributed by atoms with E-state index < -0.39 is 23.8 Å². The van der Waals surface area contributed by atoms with Gasteiger partial charge >= 0.3 is 5.97 Å². The first-order valence-corrected chi connectivity index (χ1v) is 6.08. The van der Waals surface area contributed by atoms with Crippen LogP contribution in [0.2, 0.25) is 0 Å². The van der Waals surface area contributed by atoms with Gasteiger partial charge in [0.2, 0.25) is 0 Å². The van der Waals surface area contributed by atoms with Gasteiger partial charge in [0.05, 0.1) is 0 Å². The summed E-state index contributed by atoms with van der Waals surface area (Å²) in [7, 11) is 0. The third-order valence-corrected chi connectivity index (χ3v) is 3.15. The van der Waals surface area contributed by atoms with E-state index >= 15 is 0 Å². The van der Waals surface area contributed by atoms with Gasteiger partial charge in [-0.3, -0.25) is 14.5 Å². The van der Waals surface area contributed by atoms with Crippen molar-refractivity contribution in [3.05, 3.63) is 59.7 Å². The summed E-state index contributed by atoms with van der Waals surface area (Å²) in [6.07, 6.45) is 2.57. The fourth-order valence-corrected chi connectivity index (χ4v) is 2.24. The maximum Gasteiger partial charge on any atom is 0.331 e. The van der Waals surface area contributed by atoms with Crippen molar-refractivity contribution in [2.45, 2.75) is 6.04 Å². The number of rotatable bonds is 3. The molecule has 1 aromatic carbocycles. The molecular formula is C14H9N3O4. The van der Waals surface area contributed by atoms with Gasteiger partial charge in [-0.15, -0.1) is 0 Å². The molecule has 0 bridgehead atoms. The summed E-state index contributed by atoms with van der Waals surface area (Å²) in [5, 5.41) is 9.41. The highest BCUT2D eigenvalue weighted by atomic mass is 16.4.